The molecule has 4 nitrogen and oxygen atoms in total. The second kappa shape index (κ2) is 4.75. The molecule has 0 bridgehead atoms. The number of hydrogen-bond donors (Lipinski definition) is 1. The number of amides is 1. The summed E-state index contributed by atoms with van der Waals surface area (Å²) in [6, 6.07) is 3.53. The molecule has 82 valence electrons. The number of nitrogens with one attached hydrogen (secondary N) is 1. The molecule has 4 heteroatoms. The van der Waals surface area contributed by atoms with Crippen LogP contribution in [-0.2, 0) is 0 Å². The zero-order valence-electron chi connectivity index (χ0n) is 8.94. The maximum Gasteiger partial charge on any atom is 0.252 e. The molecule has 1 aliphatic carbocycles. The van der Waals surface area contributed by atoms with Crippen molar-refractivity contribution in [1.82, 2.24) is 10.3 Å². The quantitative estimate of drug-likeness (QED) is 0.830. The third-order valence-electron chi connectivity index (χ3n) is 2.91. The van der Waals surface area contributed by atoms with Crippen molar-refractivity contribution in [1.29, 1.82) is 5.26 Å². The standard InChI is InChI=1S/C12H13N3O/c13-5-10-4-11(8-14-6-10)12(16)15-7-9-2-1-3-9/h4,6,8-9H,1-3,7H2,(H,15,16). The van der Waals surface area contributed by atoms with Gasteiger partial charge in [0.15, 0.2) is 0 Å². The Kier molecular flexibility index (Phi) is 3.16. The Hall–Kier alpha value is -1.89. The highest BCUT2D eigenvalue weighted by Crippen LogP contribution is 2.25. The van der Waals surface area contributed by atoms with E-state index in [1.807, 2.05) is 6.07 Å². The fourth-order valence-corrected chi connectivity index (χ4v) is 1.66. The van der Waals surface area contributed by atoms with Crippen molar-refractivity contribution in [3.63, 3.8) is 0 Å². The molecule has 1 fully saturated rings. The van der Waals surface area contributed by atoms with E-state index in [9.17, 15) is 4.79 Å². The number of nitrogens with zero attached hydrogens (tertiary/aromatic N) is 2. The number of aromatic nitrogens is 1. The van der Waals surface area contributed by atoms with Gasteiger partial charge in [0.05, 0.1) is 11.1 Å². The van der Waals surface area contributed by atoms with Gasteiger partial charge in [-0.15, -0.1) is 0 Å². The molecular formula is C12H13N3O. The number of carbonyl (C=O) groups excluding carboxylic acids is 1. The summed E-state index contributed by atoms with van der Waals surface area (Å²) in [5.74, 6) is 0.493. The van der Waals surface area contributed by atoms with Gasteiger partial charge in [-0.25, -0.2) is 0 Å². The Balaban J connectivity index is 1.94. The van der Waals surface area contributed by atoms with Crippen LogP contribution in [0.1, 0.15) is 35.2 Å². The lowest BCUT2D eigenvalue weighted by atomic mass is 9.85. The minimum Gasteiger partial charge on any atom is -0.352 e. The minimum absolute atomic E-state index is 0.142. The summed E-state index contributed by atoms with van der Waals surface area (Å²) in [6.45, 7) is 0.732. The molecule has 0 radical (unpaired) electrons. The monoisotopic (exact) mass is 215 g/mol. The molecule has 0 atom stereocenters. The Labute approximate surface area is 94.3 Å². The van der Waals surface area contributed by atoms with E-state index >= 15 is 0 Å². The topological polar surface area (TPSA) is 65.8 Å². The number of hydrogen-bond acceptors (Lipinski definition) is 3. The second-order valence-corrected chi connectivity index (χ2v) is 4.08. The molecule has 1 saturated carbocycles. The van der Waals surface area contributed by atoms with Gasteiger partial charge in [0.25, 0.3) is 5.91 Å². The molecule has 2 rings (SSSR count). The van der Waals surface area contributed by atoms with Gasteiger partial charge < -0.3 is 5.32 Å². The molecule has 0 unspecified atom stereocenters. The van der Waals surface area contributed by atoms with Crippen molar-refractivity contribution in [2.75, 3.05) is 6.54 Å². The lowest BCUT2D eigenvalue weighted by molar-refractivity contribution is 0.0938. The molecule has 16 heavy (non-hydrogen) atoms. The zero-order valence-corrected chi connectivity index (χ0v) is 8.94. The average molecular weight is 215 g/mol. The van der Waals surface area contributed by atoms with E-state index in [0.29, 0.717) is 17.0 Å². The lowest BCUT2D eigenvalue weighted by Crippen LogP contribution is -2.32. The first-order chi connectivity index (χ1) is 7.79. The zero-order chi connectivity index (χ0) is 11.4. The maximum atomic E-state index is 11.7. The number of rotatable bonds is 3. The van der Waals surface area contributed by atoms with Crippen molar-refractivity contribution < 1.29 is 4.79 Å². The first kappa shape index (κ1) is 10.6. The van der Waals surface area contributed by atoms with Crippen molar-refractivity contribution >= 4 is 5.91 Å². The third kappa shape index (κ3) is 2.37. The van der Waals surface area contributed by atoms with E-state index in [1.54, 1.807) is 6.07 Å². The summed E-state index contributed by atoms with van der Waals surface area (Å²) in [5.41, 5.74) is 0.870. The van der Waals surface area contributed by atoms with Crippen molar-refractivity contribution in [2.45, 2.75) is 19.3 Å². The van der Waals surface area contributed by atoms with Gasteiger partial charge in [-0.2, -0.15) is 5.26 Å². The van der Waals surface area contributed by atoms with Crippen LogP contribution < -0.4 is 5.32 Å². The van der Waals surface area contributed by atoms with Crippen LogP contribution in [0.2, 0.25) is 0 Å². The van der Waals surface area contributed by atoms with Crippen LogP contribution in [0.5, 0.6) is 0 Å². The Bertz CT molecular complexity index is 432. The summed E-state index contributed by atoms with van der Waals surface area (Å²) >= 11 is 0. The van der Waals surface area contributed by atoms with E-state index in [0.717, 1.165) is 6.54 Å². The van der Waals surface area contributed by atoms with Gasteiger partial charge in [-0.3, -0.25) is 9.78 Å². The Morgan fingerprint density at radius 1 is 1.56 bits per heavy atom. The molecular weight excluding hydrogens is 202 g/mol. The number of carbonyl (C=O) groups is 1. The Morgan fingerprint density at radius 2 is 2.38 bits per heavy atom. The highest BCUT2D eigenvalue weighted by Gasteiger charge is 2.18. The molecule has 0 spiro atoms. The molecule has 1 amide bonds. The van der Waals surface area contributed by atoms with Gasteiger partial charge in [0.2, 0.25) is 0 Å². The SMILES string of the molecule is N#Cc1cncc(C(=O)NCC2CCC2)c1. The number of nitriles is 1. The van der Waals surface area contributed by atoms with Gasteiger partial charge in [-0.1, -0.05) is 6.42 Å². The predicted molar refractivity (Wildman–Crippen MR) is 58.6 cm³/mol. The van der Waals surface area contributed by atoms with E-state index in [1.165, 1.54) is 31.7 Å². The van der Waals surface area contributed by atoms with Gasteiger partial charge in [0, 0.05) is 18.9 Å². The molecule has 0 saturated heterocycles. The first-order valence-electron chi connectivity index (χ1n) is 5.43. The predicted octanol–water partition coefficient (Wildman–Crippen LogP) is 1.48. The van der Waals surface area contributed by atoms with E-state index in [-0.39, 0.29) is 5.91 Å². The van der Waals surface area contributed by atoms with E-state index < -0.39 is 0 Å². The molecule has 1 N–H and O–H groups in total. The van der Waals surface area contributed by atoms with Gasteiger partial charge in [0.1, 0.15) is 6.07 Å². The highest BCUT2D eigenvalue weighted by molar-refractivity contribution is 5.94. The summed E-state index contributed by atoms with van der Waals surface area (Å²) in [5, 5.41) is 11.6. The molecule has 0 aliphatic heterocycles. The number of pyridine rings is 1. The van der Waals surface area contributed by atoms with Gasteiger partial charge >= 0.3 is 0 Å². The minimum atomic E-state index is -0.142. The normalized spacial score (nSPS) is 14.9. The molecule has 1 aliphatic rings. The van der Waals surface area contributed by atoms with E-state index in [2.05, 4.69) is 10.3 Å². The van der Waals surface area contributed by atoms with Crippen molar-refractivity contribution in [2.24, 2.45) is 5.92 Å². The summed E-state index contributed by atoms with van der Waals surface area (Å²) < 4.78 is 0. The fraction of sp³-hybridized carbons (Fsp3) is 0.417. The summed E-state index contributed by atoms with van der Waals surface area (Å²) in [6.07, 6.45) is 6.61. The summed E-state index contributed by atoms with van der Waals surface area (Å²) in [4.78, 5) is 15.6. The van der Waals surface area contributed by atoms with Crippen LogP contribution in [0.3, 0.4) is 0 Å². The van der Waals surface area contributed by atoms with Crippen LogP contribution in [0, 0.1) is 17.2 Å². The lowest BCUT2D eigenvalue weighted by Gasteiger charge is -2.25. The molecule has 0 aromatic carbocycles. The van der Waals surface area contributed by atoms with Crippen molar-refractivity contribution in [3.05, 3.63) is 29.6 Å². The van der Waals surface area contributed by atoms with Gasteiger partial charge in [-0.05, 0) is 24.8 Å². The third-order valence-corrected chi connectivity index (χ3v) is 2.91. The smallest absolute Gasteiger partial charge is 0.252 e. The van der Waals surface area contributed by atoms with Crippen molar-refractivity contribution in [3.8, 4) is 6.07 Å². The largest absolute Gasteiger partial charge is 0.352 e. The second-order valence-electron chi connectivity index (χ2n) is 4.08. The maximum absolute atomic E-state index is 11.7. The van der Waals surface area contributed by atoms with E-state index in [4.69, 9.17) is 5.26 Å². The Morgan fingerprint density at radius 3 is 3.00 bits per heavy atom. The molecule has 1 aromatic rings. The van der Waals surface area contributed by atoms with Crippen LogP contribution in [0.25, 0.3) is 0 Å². The molecule has 1 heterocycles. The fourth-order valence-electron chi connectivity index (χ4n) is 1.66. The summed E-state index contributed by atoms with van der Waals surface area (Å²) in [7, 11) is 0. The van der Waals surface area contributed by atoms with Crippen LogP contribution in [0.4, 0.5) is 0 Å². The first-order valence-corrected chi connectivity index (χ1v) is 5.43. The van der Waals surface area contributed by atoms with Crippen LogP contribution in [0.15, 0.2) is 18.5 Å². The average Bonchev–Trinajstić information content (AvgIpc) is 2.27. The molecule has 1 aromatic heterocycles. The highest BCUT2D eigenvalue weighted by atomic mass is 16.1. The van der Waals surface area contributed by atoms with Crippen LogP contribution in [-0.4, -0.2) is 17.4 Å². The van der Waals surface area contributed by atoms with Crippen LogP contribution >= 0.6 is 0 Å².